The number of carbonyl (C=O) groups excluding carboxylic acids is 2. The molecule has 0 spiro atoms. The molecule has 2 saturated heterocycles. The number of rotatable bonds is 2. The monoisotopic (exact) mass is 361 g/mol. The van der Waals surface area contributed by atoms with Crippen LogP contribution in [-0.2, 0) is 9.53 Å². The van der Waals surface area contributed by atoms with Crippen LogP contribution in [0.2, 0.25) is 0 Å². The first kappa shape index (κ1) is 16.5. The zero-order valence-corrected chi connectivity index (χ0v) is 15.3. The van der Waals surface area contributed by atoms with E-state index in [-0.39, 0.29) is 29.9 Å². The average molecular weight is 361 g/mol. The molecule has 2 fully saturated rings. The van der Waals surface area contributed by atoms with Gasteiger partial charge in [-0.25, -0.2) is 4.79 Å². The Labute approximate surface area is 159 Å². The summed E-state index contributed by atoms with van der Waals surface area (Å²) in [6, 6.07) is 16.9. The summed E-state index contributed by atoms with van der Waals surface area (Å²) in [6.45, 7) is 0.344. The van der Waals surface area contributed by atoms with Crippen molar-refractivity contribution in [2.75, 3.05) is 6.61 Å². The van der Waals surface area contributed by atoms with Gasteiger partial charge in [0.25, 0.3) is 0 Å². The molecule has 2 aromatic rings. The summed E-state index contributed by atoms with van der Waals surface area (Å²) in [5, 5.41) is 0. The van der Waals surface area contributed by atoms with Gasteiger partial charge in [0.05, 0.1) is 0 Å². The maximum absolute atomic E-state index is 12.9. The molecule has 5 rings (SSSR count). The third-order valence-corrected chi connectivity index (χ3v) is 6.39. The second-order valence-corrected chi connectivity index (χ2v) is 7.88. The van der Waals surface area contributed by atoms with Gasteiger partial charge < -0.3 is 9.64 Å². The standard InChI is InChI=1S/C23H23NO3/c25-17-12-11-15-9-10-16(13-17)24(15)23(26)27-14-22-20-7-3-1-5-18(20)19-6-2-4-8-21(19)22/h1-8,15-16,22H,9-14H2. The molecule has 2 aromatic carbocycles. The number of ketones is 1. The lowest BCUT2D eigenvalue weighted by molar-refractivity contribution is -0.119. The molecule has 138 valence electrons. The van der Waals surface area contributed by atoms with Crippen molar-refractivity contribution in [3.63, 3.8) is 0 Å². The van der Waals surface area contributed by atoms with E-state index in [1.165, 1.54) is 22.3 Å². The van der Waals surface area contributed by atoms with Crippen molar-refractivity contribution < 1.29 is 14.3 Å². The number of carbonyl (C=O) groups is 2. The van der Waals surface area contributed by atoms with E-state index in [9.17, 15) is 9.59 Å². The molecule has 2 aliphatic heterocycles. The zero-order chi connectivity index (χ0) is 18.4. The maximum Gasteiger partial charge on any atom is 0.410 e. The van der Waals surface area contributed by atoms with Crippen LogP contribution in [0.1, 0.15) is 49.1 Å². The Bertz CT molecular complexity index is 861. The van der Waals surface area contributed by atoms with Gasteiger partial charge in [0.2, 0.25) is 0 Å². The van der Waals surface area contributed by atoms with E-state index in [2.05, 4.69) is 36.4 Å². The van der Waals surface area contributed by atoms with Gasteiger partial charge in [-0.1, -0.05) is 48.5 Å². The lowest BCUT2D eigenvalue weighted by Gasteiger charge is -2.27. The summed E-state index contributed by atoms with van der Waals surface area (Å²) in [5.74, 6) is 0.353. The SMILES string of the molecule is O=C1CCC2CCC(C1)N2C(=O)OCC1c2ccccc2-c2ccccc21. The summed E-state index contributed by atoms with van der Waals surface area (Å²) in [4.78, 5) is 26.7. The average Bonchev–Trinajstić information content (AvgIpc) is 3.17. The minimum Gasteiger partial charge on any atom is -0.448 e. The number of Topliss-reactive ketones (excluding diaryl/α,β-unsaturated/α-hetero) is 1. The summed E-state index contributed by atoms with van der Waals surface area (Å²) in [6.07, 6.45) is 3.51. The second kappa shape index (κ2) is 6.52. The van der Waals surface area contributed by atoms with Gasteiger partial charge in [-0.05, 0) is 41.5 Å². The predicted molar refractivity (Wildman–Crippen MR) is 103 cm³/mol. The van der Waals surface area contributed by atoms with Gasteiger partial charge in [-0.2, -0.15) is 0 Å². The fourth-order valence-corrected chi connectivity index (χ4v) is 5.10. The Kier molecular flexibility index (Phi) is 4.00. The molecule has 0 N–H and O–H groups in total. The summed E-state index contributed by atoms with van der Waals surface area (Å²) < 4.78 is 5.83. The Balaban J connectivity index is 1.36. The molecule has 0 aromatic heterocycles. The van der Waals surface area contributed by atoms with Crippen molar-refractivity contribution in [1.82, 2.24) is 4.90 Å². The van der Waals surface area contributed by atoms with Crippen molar-refractivity contribution in [3.8, 4) is 11.1 Å². The Morgan fingerprint density at radius 2 is 1.56 bits per heavy atom. The smallest absolute Gasteiger partial charge is 0.410 e. The van der Waals surface area contributed by atoms with Gasteiger partial charge in [-0.15, -0.1) is 0 Å². The van der Waals surface area contributed by atoms with Crippen LogP contribution in [0.5, 0.6) is 0 Å². The van der Waals surface area contributed by atoms with Crippen molar-refractivity contribution >= 4 is 11.9 Å². The van der Waals surface area contributed by atoms with Crippen LogP contribution < -0.4 is 0 Å². The second-order valence-electron chi connectivity index (χ2n) is 7.88. The molecule has 4 nitrogen and oxygen atoms in total. The van der Waals surface area contributed by atoms with E-state index >= 15 is 0 Å². The minimum atomic E-state index is -0.251. The van der Waals surface area contributed by atoms with Crippen LogP contribution in [0.3, 0.4) is 0 Å². The highest BCUT2D eigenvalue weighted by Gasteiger charge is 2.41. The van der Waals surface area contributed by atoms with E-state index in [4.69, 9.17) is 4.74 Å². The van der Waals surface area contributed by atoms with Crippen LogP contribution in [0.25, 0.3) is 11.1 Å². The van der Waals surface area contributed by atoms with E-state index < -0.39 is 0 Å². The van der Waals surface area contributed by atoms with Crippen LogP contribution in [-0.4, -0.2) is 35.5 Å². The highest BCUT2D eigenvalue weighted by Crippen LogP contribution is 2.44. The third kappa shape index (κ3) is 2.75. The van der Waals surface area contributed by atoms with E-state index in [0.29, 0.717) is 19.4 Å². The molecule has 0 saturated carbocycles. The van der Waals surface area contributed by atoms with Gasteiger partial charge in [0, 0.05) is 30.8 Å². The molecular weight excluding hydrogens is 338 g/mol. The Morgan fingerprint density at radius 1 is 0.926 bits per heavy atom. The van der Waals surface area contributed by atoms with Crippen LogP contribution in [0.15, 0.2) is 48.5 Å². The number of benzene rings is 2. The van der Waals surface area contributed by atoms with Gasteiger partial charge in [0.15, 0.2) is 0 Å². The molecule has 2 heterocycles. The molecule has 27 heavy (non-hydrogen) atoms. The normalized spacial score (nSPS) is 23.7. The molecule has 3 aliphatic rings. The molecule has 1 amide bonds. The molecule has 2 bridgehead atoms. The maximum atomic E-state index is 12.9. The fourth-order valence-electron chi connectivity index (χ4n) is 5.10. The number of nitrogens with zero attached hydrogens (tertiary/aromatic N) is 1. The first-order valence-corrected chi connectivity index (χ1v) is 9.87. The van der Waals surface area contributed by atoms with E-state index in [1.807, 2.05) is 17.0 Å². The number of fused-ring (bicyclic) bond motifs is 5. The third-order valence-electron chi connectivity index (χ3n) is 6.39. The van der Waals surface area contributed by atoms with Crippen molar-refractivity contribution in [1.29, 1.82) is 0 Å². The van der Waals surface area contributed by atoms with Crippen LogP contribution >= 0.6 is 0 Å². The van der Waals surface area contributed by atoms with Crippen molar-refractivity contribution in [2.45, 2.75) is 50.1 Å². The molecule has 2 atom stereocenters. The number of amides is 1. The number of hydrogen-bond acceptors (Lipinski definition) is 3. The number of hydrogen-bond donors (Lipinski definition) is 0. The topological polar surface area (TPSA) is 46.6 Å². The zero-order valence-electron chi connectivity index (χ0n) is 15.3. The molecule has 4 heteroatoms. The van der Waals surface area contributed by atoms with Crippen LogP contribution in [0.4, 0.5) is 4.79 Å². The molecule has 2 unspecified atom stereocenters. The number of ether oxygens (including phenoxy) is 1. The van der Waals surface area contributed by atoms with Crippen LogP contribution in [0, 0.1) is 0 Å². The van der Waals surface area contributed by atoms with Gasteiger partial charge in [-0.3, -0.25) is 4.79 Å². The molecular formula is C23H23NO3. The Morgan fingerprint density at radius 3 is 2.26 bits per heavy atom. The summed E-state index contributed by atoms with van der Waals surface area (Å²) >= 11 is 0. The first-order chi connectivity index (χ1) is 13.2. The van der Waals surface area contributed by atoms with E-state index in [1.54, 1.807) is 0 Å². The highest BCUT2D eigenvalue weighted by atomic mass is 16.6. The molecule has 0 radical (unpaired) electrons. The minimum absolute atomic E-state index is 0.0284. The first-order valence-electron chi connectivity index (χ1n) is 9.87. The predicted octanol–water partition coefficient (Wildman–Crippen LogP) is 4.52. The lowest BCUT2D eigenvalue weighted by Crippen LogP contribution is -2.41. The largest absolute Gasteiger partial charge is 0.448 e. The lowest BCUT2D eigenvalue weighted by atomic mass is 9.98. The van der Waals surface area contributed by atoms with Crippen molar-refractivity contribution in [2.24, 2.45) is 0 Å². The van der Waals surface area contributed by atoms with Crippen molar-refractivity contribution in [3.05, 3.63) is 59.7 Å². The molecule has 1 aliphatic carbocycles. The fraction of sp³-hybridized carbons (Fsp3) is 0.391. The van der Waals surface area contributed by atoms with E-state index in [0.717, 1.165) is 19.3 Å². The Hall–Kier alpha value is -2.62. The van der Waals surface area contributed by atoms with Gasteiger partial charge >= 0.3 is 6.09 Å². The van der Waals surface area contributed by atoms with Gasteiger partial charge in [0.1, 0.15) is 12.4 Å². The summed E-state index contributed by atoms with van der Waals surface area (Å²) in [7, 11) is 0. The quantitative estimate of drug-likeness (QED) is 0.790. The highest BCUT2D eigenvalue weighted by molar-refractivity contribution is 5.81. The summed E-state index contributed by atoms with van der Waals surface area (Å²) in [5.41, 5.74) is 4.91.